The lowest BCUT2D eigenvalue weighted by Gasteiger charge is -2.15. The van der Waals surface area contributed by atoms with E-state index in [4.69, 9.17) is 4.74 Å². The summed E-state index contributed by atoms with van der Waals surface area (Å²) in [6.45, 7) is 1.82. The topological polar surface area (TPSA) is 75.6 Å². The van der Waals surface area contributed by atoms with E-state index >= 15 is 0 Å². The van der Waals surface area contributed by atoms with Crippen LogP contribution in [0, 0.1) is 0 Å². The molecule has 1 amide bonds. The molecule has 0 fully saturated rings. The molecular weight excluding hydrogens is 222 g/mol. The number of fused-ring (bicyclic) bond motifs is 1. The van der Waals surface area contributed by atoms with E-state index in [1.165, 1.54) is 0 Å². The normalized spacial score (nSPS) is 19.4. The molecule has 0 radical (unpaired) electrons. The molecule has 5 nitrogen and oxygen atoms in total. The summed E-state index contributed by atoms with van der Waals surface area (Å²) in [5.74, 6) is -2.04. The number of aliphatic hydroxyl groups is 1. The highest BCUT2D eigenvalue weighted by atomic mass is 16.5. The number of para-hydroxylation sites is 1. The number of carbonyl (C=O) groups excluding carboxylic acids is 2. The Labute approximate surface area is 98.4 Å². The summed E-state index contributed by atoms with van der Waals surface area (Å²) in [4.78, 5) is 23.1. The molecule has 17 heavy (non-hydrogen) atoms. The quantitative estimate of drug-likeness (QED) is 0.754. The third-order valence-electron chi connectivity index (χ3n) is 2.68. The van der Waals surface area contributed by atoms with Crippen molar-refractivity contribution in [2.45, 2.75) is 18.9 Å². The average molecular weight is 235 g/mol. The number of carbonyl (C=O) groups is 2. The highest BCUT2D eigenvalue weighted by Crippen LogP contribution is 2.34. The van der Waals surface area contributed by atoms with Gasteiger partial charge < -0.3 is 15.2 Å². The Bertz CT molecular complexity index is 458. The highest BCUT2D eigenvalue weighted by Gasteiger charge is 2.40. The van der Waals surface area contributed by atoms with Crippen molar-refractivity contribution < 1.29 is 19.4 Å². The van der Waals surface area contributed by atoms with Gasteiger partial charge in [0.1, 0.15) is 5.92 Å². The molecule has 1 aliphatic rings. The minimum absolute atomic E-state index is 0.172. The van der Waals surface area contributed by atoms with E-state index in [1.54, 1.807) is 31.2 Å². The van der Waals surface area contributed by atoms with Crippen molar-refractivity contribution in [2.75, 3.05) is 11.9 Å². The molecule has 5 heteroatoms. The van der Waals surface area contributed by atoms with E-state index < -0.39 is 18.0 Å². The molecule has 2 atom stereocenters. The summed E-state index contributed by atoms with van der Waals surface area (Å²) in [5.41, 5.74) is 1.25. The third-order valence-corrected chi connectivity index (χ3v) is 2.68. The van der Waals surface area contributed by atoms with Crippen LogP contribution in [0.2, 0.25) is 0 Å². The molecule has 90 valence electrons. The maximum Gasteiger partial charge on any atom is 0.336 e. The van der Waals surface area contributed by atoms with E-state index in [2.05, 4.69) is 5.32 Å². The summed E-state index contributed by atoms with van der Waals surface area (Å²) >= 11 is 0. The van der Waals surface area contributed by atoms with E-state index in [0.29, 0.717) is 11.3 Å². The van der Waals surface area contributed by atoms with Crippen molar-refractivity contribution in [3.8, 4) is 0 Å². The van der Waals surface area contributed by atoms with Gasteiger partial charge in [0.15, 0.2) is 6.10 Å². The molecule has 0 spiro atoms. The number of amides is 1. The van der Waals surface area contributed by atoms with E-state index in [9.17, 15) is 14.7 Å². The first-order valence-corrected chi connectivity index (χ1v) is 5.39. The number of esters is 1. The van der Waals surface area contributed by atoms with Crippen LogP contribution in [0.25, 0.3) is 0 Å². The number of aliphatic hydroxyl groups excluding tert-OH is 1. The maximum absolute atomic E-state index is 11.7. The first kappa shape index (κ1) is 11.6. The van der Waals surface area contributed by atoms with Crippen molar-refractivity contribution in [3.05, 3.63) is 29.8 Å². The van der Waals surface area contributed by atoms with Gasteiger partial charge in [0.05, 0.1) is 6.61 Å². The Kier molecular flexibility index (Phi) is 3.10. The van der Waals surface area contributed by atoms with Gasteiger partial charge in [-0.3, -0.25) is 4.79 Å². The number of ether oxygens (including phenoxy) is 1. The van der Waals surface area contributed by atoms with Crippen molar-refractivity contribution >= 4 is 17.6 Å². The smallest absolute Gasteiger partial charge is 0.336 e. The van der Waals surface area contributed by atoms with E-state index in [-0.39, 0.29) is 12.5 Å². The molecule has 0 aromatic heterocycles. The monoisotopic (exact) mass is 235 g/mol. The zero-order valence-corrected chi connectivity index (χ0v) is 9.34. The molecule has 2 N–H and O–H groups in total. The van der Waals surface area contributed by atoms with Gasteiger partial charge in [-0.1, -0.05) is 18.2 Å². The maximum atomic E-state index is 11.7. The second kappa shape index (κ2) is 4.55. The predicted molar refractivity (Wildman–Crippen MR) is 60.5 cm³/mol. The van der Waals surface area contributed by atoms with Gasteiger partial charge in [-0.15, -0.1) is 0 Å². The fraction of sp³-hybridized carbons (Fsp3) is 0.333. The lowest BCUT2D eigenvalue weighted by Crippen LogP contribution is -2.33. The minimum Gasteiger partial charge on any atom is -0.464 e. The zero-order chi connectivity index (χ0) is 12.4. The molecule has 0 aliphatic carbocycles. The number of benzene rings is 1. The average Bonchev–Trinajstić information content (AvgIpc) is 2.64. The van der Waals surface area contributed by atoms with Crippen LogP contribution < -0.4 is 5.32 Å². The number of hydrogen-bond donors (Lipinski definition) is 2. The minimum atomic E-state index is -1.46. The third kappa shape index (κ3) is 2.01. The molecule has 0 unspecified atom stereocenters. The molecule has 1 aromatic rings. The number of hydrogen-bond acceptors (Lipinski definition) is 4. The lowest BCUT2D eigenvalue weighted by molar-refractivity contribution is -0.155. The fourth-order valence-electron chi connectivity index (χ4n) is 1.91. The molecule has 0 saturated heterocycles. The fourth-order valence-corrected chi connectivity index (χ4v) is 1.91. The Morgan fingerprint density at radius 2 is 2.24 bits per heavy atom. The molecule has 0 saturated carbocycles. The first-order valence-electron chi connectivity index (χ1n) is 5.39. The van der Waals surface area contributed by atoms with Gasteiger partial charge >= 0.3 is 5.97 Å². The number of anilines is 1. The van der Waals surface area contributed by atoms with Gasteiger partial charge in [0.25, 0.3) is 0 Å². The van der Waals surface area contributed by atoms with Crippen LogP contribution in [-0.2, 0) is 14.3 Å². The largest absolute Gasteiger partial charge is 0.464 e. The molecule has 1 heterocycles. The summed E-state index contributed by atoms with van der Waals surface area (Å²) in [6, 6.07) is 6.97. The van der Waals surface area contributed by atoms with Gasteiger partial charge in [0, 0.05) is 5.69 Å². The standard InChI is InChI=1S/C12H13NO4/c1-2-17-12(16)10(14)9-7-5-3-4-6-8(7)13-11(9)15/h3-6,9-10,14H,2H2,1H3,(H,13,15)/t9-,10+/m1/s1. The Hall–Kier alpha value is -1.88. The van der Waals surface area contributed by atoms with Gasteiger partial charge in [-0.05, 0) is 18.6 Å². The van der Waals surface area contributed by atoms with Gasteiger partial charge in [0.2, 0.25) is 5.91 Å². The van der Waals surface area contributed by atoms with Crippen molar-refractivity contribution in [3.63, 3.8) is 0 Å². The van der Waals surface area contributed by atoms with Gasteiger partial charge in [-0.25, -0.2) is 4.79 Å². The Morgan fingerprint density at radius 1 is 1.53 bits per heavy atom. The van der Waals surface area contributed by atoms with E-state index in [1.807, 2.05) is 0 Å². The van der Waals surface area contributed by atoms with Crippen LogP contribution in [0.1, 0.15) is 18.4 Å². The zero-order valence-electron chi connectivity index (χ0n) is 9.34. The molecule has 0 bridgehead atoms. The van der Waals surface area contributed by atoms with Crippen molar-refractivity contribution in [2.24, 2.45) is 0 Å². The highest BCUT2D eigenvalue weighted by molar-refractivity contribution is 6.05. The van der Waals surface area contributed by atoms with E-state index in [0.717, 1.165) is 0 Å². The van der Waals surface area contributed by atoms with Crippen LogP contribution in [0.4, 0.5) is 5.69 Å². The van der Waals surface area contributed by atoms with Crippen molar-refractivity contribution in [1.29, 1.82) is 0 Å². The SMILES string of the molecule is CCOC(=O)[C@@H](O)[C@@H]1C(=O)Nc2ccccc21. The summed E-state index contributed by atoms with van der Waals surface area (Å²) in [7, 11) is 0. The molecule has 1 aliphatic heterocycles. The van der Waals surface area contributed by atoms with Crippen LogP contribution >= 0.6 is 0 Å². The summed E-state index contributed by atoms with van der Waals surface area (Å²) in [5, 5.41) is 12.4. The second-order valence-corrected chi connectivity index (χ2v) is 3.75. The van der Waals surface area contributed by atoms with Crippen LogP contribution in [0.5, 0.6) is 0 Å². The molecule has 2 rings (SSSR count). The van der Waals surface area contributed by atoms with Crippen molar-refractivity contribution in [1.82, 2.24) is 0 Å². The number of rotatable bonds is 3. The summed E-state index contributed by atoms with van der Waals surface area (Å²) in [6.07, 6.45) is -1.46. The van der Waals surface area contributed by atoms with Crippen LogP contribution in [0.15, 0.2) is 24.3 Å². The Morgan fingerprint density at radius 3 is 2.94 bits per heavy atom. The Balaban J connectivity index is 2.27. The molecule has 1 aromatic carbocycles. The summed E-state index contributed by atoms with van der Waals surface area (Å²) < 4.78 is 4.71. The number of nitrogens with one attached hydrogen (secondary N) is 1. The predicted octanol–water partition coefficient (Wildman–Crippen LogP) is 0.646. The first-order chi connectivity index (χ1) is 8.15. The molecular formula is C12H13NO4. The van der Waals surface area contributed by atoms with Crippen LogP contribution in [-0.4, -0.2) is 29.7 Å². The lowest BCUT2D eigenvalue weighted by atomic mass is 9.95. The van der Waals surface area contributed by atoms with Crippen LogP contribution in [0.3, 0.4) is 0 Å². The second-order valence-electron chi connectivity index (χ2n) is 3.75. The van der Waals surface area contributed by atoms with Gasteiger partial charge in [-0.2, -0.15) is 0 Å².